The molecular formula is C11H14N2O2S. The van der Waals surface area contributed by atoms with Gasteiger partial charge in [-0.05, 0) is 19.4 Å². The van der Waals surface area contributed by atoms with Gasteiger partial charge in [-0.25, -0.2) is 0 Å². The lowest BCUT2D eigenvalue weighted by atomic mass is 10.1. The van der Waals surface area contributed by atoms with Gasteiger partial charge in [0.05, 0.1) is 10.3 Å². The Morgan fingerprint density at radius 3 is 2.88 bits per heavy atom. The molecule has 1 heterocycles. The fourth-order valence-corrected chi connectivity index (χ4v) is 3.12. The van der Waals surface area contributed by atoms with E-state index in [1.165, 1.54) is 6.07 Å². The van der Waals surface area contributed by atoms with Gasteiger partial charge in [-0.2, -0.15) is 0 Å². The van der Waals surface area contributed by atoms with Gasteiger partial charge in [0.1, 0.15) is 0 Å². The number of nitrogens with zero attached hydrogens (tertiary/aromatic N) is 1. The molecule has 0 saturated carbocycles. The number of nitrogens with one attached hydrogen (secondary N) is 1. The van der Waals surface area contributed by atoms with Crippen LogP contribution in [0, 0.1) is 10.1 Å². The van der Waals surface area contributed by atoms with Crippen molar-refractivity contribution in [2.75, 3.05) is 5.75 Å². The zero-order valence-corrected chi connectivity index (χ0v) is 10.1. The van der Waals surface area contributed by atoms with E-state index in [2.05, 4.69) is 19.2 Å². The minimum absolute atomic E-state index is 0.0972. The number of nitro benzene ring substituents is 1. The molecule has 4 nitrogen and oxygen atoms in total. The summed E-state index contributed by atoms with van der Waals surface area (Å²) in [6.45, 7) is 4.27. The lowest BCUT2D eigenvalue weighted by Gasteiger charge is -2.18. The largest absolute Gasteiger partial charge is 0.296 e. The van der Waals surface area contributed by atoms with Crippen molar-refractivity contribution < 1.29 is 4.92 Å². The predicted octanol–water partition coefficient (Wildman–Crippen LogP) is 2.71. The number of thioether (sulfide) groups is 1. The molecule has 1 aliphatic rings. The molecule has 0 spiro atoms. The van der Waals surface area contributed by atoms with Gasteiger partial charge in [0, 0.05) is 23.4 Å². The normalized spacial score (nSPS) is 23.2. The van der Waals surface area contributed by atoms with Crippen LogP contribution in [0.2, 0.25) is 0 Å². The first-order valence-corrected chi connectivity index (χ1v) is 6.16. The highest BCUT2D eigenvalue weighted by Crippen LogP contribution is 2.37. The minimum Gasteiger partial charge on any atom is -0.296 e. The molecule has 0 bridgehead atoms. The third-order valence-electron chi connectivity index (χ3n) is 2.52. The first-order chi connectivity index (χ1) is 7.48. The molecule has 1 fully saturated rings. The Kier molecular flexibility index (Phi) is 2.90. The molecule has 86 valence electrons. The highest BCUT2D eigenvalue weighted by Gasteiger charge is 2.31. The summed E-state index contributed by atoms with van der Waals surface area (Å²) in [5.74, 6) is 1.01. The topological polar surface area (TPSA) is 55.2 Å². The molecular weight excluding hydrogens is 224 g/mol. The van der Waals surface area contributed by atoms with Crippen molar-refractivity contribution in [2.24, 2.45) is 0 Å². The molecule has 0 aromatic heterocycles. The summed E-state index contributed by atoms with van der Waals surface area (Å²) in [5.41, 5.74) is 1.23. The molecule has 1 unspecified atom stereocenters. The minimum atomic E-state index is -0.353. The molecule has 16 heavy (non-hydrogen) atoms. The quantitative estimate of drug-likeness (QED) is 0.635. The third-order valence-corrected chi connectivity index (χ3v) is 4.13. The predicted molar refractivity (Wildman–Crippen MR) is 65.5 cm³/mol. The van der Waals surface area contributed by atoms with Gasteiger partial charge in [-0.3, -0.25) is 15.4 Å². The highest BCUT2D eigenvalue weighted by atomic mass is 32.2. The van der Waals surface area contributed by atoms with E-state index >= 15 is 0 Å². The van der Waals surface area contributed by atoms with Crippen molar-refractivity contribution >= 4 is 17.4 Å². The van der Waals surface area contributed by atoms with Crippen molar-refractivity contribution in [1.82, 2.24) is 5.32 Å². The Morgan fingerprint density at radius 1 is 1.56 bits per heavy atom. The van der Waals surface area contributed by atoms with Crippen LogP contribution in [0.3, 0.4) is 0 Å². The first kappa shape index (κ1) is 11.4. The van der Waals surface area contributed by atoms with Crippen molar-refractivity contribution in [3.05, 3.63) is 39.9 Å². The standard InChI is InChI=1S/C11H14N2O2S/c1-11(2)7-16-10(12-11)8-4-3-5-9(6-8)13(14)15/h3-6,10,12H,7H2,1-2H3. The average molecular weight is 238 g/mol. The Morgan fingerprint density at radius 2 is 2.31 bits per heavy atom. The van der Waals surface area contributed by atoms with Crippen LogP contribution in [-0.4, -0.2) is 16.2 Å². The number of benzene rings is 1. The van der Waals surface area contributed by atoms with E-state index in [1.807, 2.05) is 6.07 Å². The number of rotatable bonds is 2. The lowest BCUT2D eigenvalue weighted by Crippen LogP contribution is -2.35. The van der Waals surface area contributed by atoms with Crippen LogP contribution in [0.5, 0.6) is 0 Å². The maximum Gasteiger partial charge on any atom is 0.269 e. The smallest absolute Gasteiger partial charge is 0.269 e. The Hall–Kier alpha value is -1.07. The van der Waals surface area contributed by atoms with Crippen LogP contribution in [-0.2, 0) is 0 Å². The molecule has 0 radical (unpaired) electrons. The van der Waals surface area contributed by atoms with Crippen LogP contribution in [0.1, 0.15) is 24.8 Å². The van der Waals surface area contributed by atoms with Crippen LogP contribution in [0.15, 0.2) is 24.3 Å². The fourth-order valence-electron chi connectivity index (χ4n) is 1.71. The number of hydrogen-bond acceptors (Lipinski definition) is 4. The fraction of sp³-hybridized carbons (Fsp3) is 0.455. The number of non-ortho nitro benzene ring substituents is 1. The van der Waals surface area contributed by atoms with Gasteiger partial charge in [-0.1, -0.05) is 12.1 Å². The van der Waals surface area contributed by atoms with E-state index in [4.69, 9.17) is 0 Å². The van der Waals surface area contributed by atoms with Gasteiger partial charge in [-0.15, -0.1) is 11.8 Å². The summed E-state index contributed by atoms with van der Waals surface area (Å²) in [6.07, 6.45) is 0. The van der Waals surface area contributed by atoms with Gasteiger partial charge in [0.2, 0.25) is 0 Å². The van der Waals surface area contributed by atoms with E-state index in [1.54, 1.807) is 23.9 Å². The molecule has 1 atom stereocenters. The molecule has 5 heteroatoms. The monoisotopic (exact) mass is 238 g/mol. The van der Waals surface area contributed by atoms with E-state index in [0.717, 1.165) is 11.3 Å². The van der Waals surface area contributed by atoms with Gasteiger partial charge in [0.25, 0.3) is 5.69 Å². The summed E-state index contributed by atoms with van der Waals surface area (Å²) in [6, 6.07) is 6.83. The van der Waals surface area contributed by atoms with Crippen molar-refractivity contribution in [3.8, 4) is 0 Å². The second-order valence-electron chi connectivity index (χ2n) is 4.57. The van der Waals surface area contributed by atoms with Crippen molar-refractivity contribution in [1.29, 1.82) is 0 Å². The Bertz CT molecular complexity index is 420. The van der Waals surface area contributed by atoms with Crippen LogP contribution in [0.25, 0.3) is 0 Å². The summed E-state index contributed by atoms with van der Waals surface area (Å²) in [4.78, 5) is 10.3. The van der Waals surface area contributed by atoms with E-state index in [0.29, 0.717) is 0 Å². The second-order valence-corrected chi connectivity index (χ2v) is 5.66. The molecule has 2 rings (SSSR count). The molecule has 0 amide bonds. The maximum absolute atomic E-state index is 10.7. The van der Waals surface area contributed by atoms with Crippen molar-refractivity contribution in [2.45, 2.75) is 24.8 Å². The molecule has 1 aliphatic heterocycles. The average Bonchev–Trinajstić information content (AvgIpc) is 2.59. The number of nitro groups is 1. The summed E-state index contributed by atoms with van der Waals surface area (Å²) in [7, 11) is 0. The first-order valence-electron chi connectivity index (χ1n) is 5.12. The molecule has 1 aromatic carbocycles. The third kappa shape index (κ3) is 2.36. The van der Waals surface area contributed by atoms with E-state index in [-0.39, 0.29) is 21.5 Å². The van der Waals surface area contributed by atoms with E-state index < -0.39 is 0 Å². The Balaban J connectivity index is 2.22. The summed E-state index contributed by atoms with van der Waals surface area (Å²) < 4.78 is 0. The molecule has 1 saturated heterocycles. The zero-order chi connectivity index (χ0) is 11.8. The van der Waals surface area contributed by atoms with Gasteiger partial charge >= 0.3 is 0 Å². The second kappa shape index (κ2) is 4.07. The lowest BCUT2D eigenvalue weighted by molar-refractivity contribution is -0.384. The molecule has 0 aliphatic carbocycles. The van der Waals surface area contributed by atoms with Crippen LogP contribution < -0.4 is 5.32 Å². The van der Waals surface area contributed by atoms with Crippen LogP contribution in [0.4, 0.5) is 5.69 Å². The summed E-state index contributed by atoms with van der Waals surface area (Å²) in [5, 5.41) is 14.3. The number of hydrogen-bond donors (Lipinski definition) is 1. The molecule has 1 N–H and O–H groups in total. The maximum atomic E-state index is 10.7. The van der Waals surface area contributed by atoms with Crippen LogP contribution >= 0.6 is 11.8 Å². The molecule has 1 aromatic rings. The Labute approximate surface area is 98.6 Å². The van der Waals surface area contributed by atoms with Gasteiger partial charge < -0.3 is 0 Å². The van der Waals surface area contributed by atoms with Crippen molar-refractivity contribution in [3.63, 3.8) is 0 Å². The SMILES string of the molecule is CC1(C)CSC(c2cccc([N+](=O)[O-])c2)N1. The summed E-state index contributed by atoms with van der Waals surface area (Å²) >= 11 is 1.79. The zero-order valence-electron chi connectivity index (χ0n) is 9.27. The highest BCUT2D eigenvalue weighted by molar-refractivity contribution is 7.99. The van der Waals surface area contributed by atoms with E-state index in [9.17, 15) is 10.1 Å². The van der Waals surface area contributed by atoms with Gasteiger partial charge in [0.15, 0.2) is 0 Å².